The Balaban J connectivity index is 3.47. The number of unbranched alkanes of at least 4 members (excludes halogenated alkanes) is 31. The van der Waals surface area contributed by atoms with Crippen molar-refractivity contribution >= 4 is 11.9 Å². The van der Waals surface area contributed by atoms with Crippen molar-refractivity contribution in [3.05, 3.63) is 36.5 Å². The second-order valence-corrected chi connectivity index (χ2v) is 17.1. The summed E-state index contributed by atoms with van der Waals surface area (Å²) in [7, 11) is 0. The highest BCUT2D eigenvalue weighted by molar-refractivity contribution is 5.76. The number of ether oxygens (including phenoxy) is 1. The minimum Gasteiger partial charge on any atom is -0.466 e. The molecule has 0 saturated carbocycles. The molecule has 2 atom stereocenters. The molecule has 0 heterocycles. The molecule has 6 heteroatoms. The fourth-order valence-corrected chi connectivity index (χ4v) is 7.49. The third-order valence-electron chi connectivity index (χ3n) is 11.4. The van der Waals surface area contributed by atoms with Gasteiger partial charge in [0.2, 0.25) is 5.91 Å². The van der Waals surface area contributed by atoms with Crippen LogP contribution < -0.4 is 5.32 Å². The minimum absolute atomic E-state index is 0.0201. The molecule has 2 unspecified atom stereocenters. The van der Waals surface area contributed by atoms with Gasteiger partial charge in [0.05, 0.1) is 25.4 Å². The lowest BCUT2D eigenvalue weighted by molar-refractivity contribution is -0.143. The van der Waals surface area contributed by atoms with E-state index in [0.717, 1.165) is 64.2 Å². The molecule has 0 aromatic rings. The average Bonchev–Trinajstić information content (AvgIpc) is 3.22. The van der Waals surface area contributed by atoms with Crippen molar-refractivity contribution in [3.63, 3.8) is 0 Å². The number of carbonyl (C=O) groups is 2. The van der Waals surface area contributed by atoms with E-state index in [1.165, 1.54) is 167 Å². The van der Waals surface area contributed by atoms with E-state index in [4.69, 9.17) is 4.74 Å². The second-order valence-electron chi connectivity index (χ2n) is 17.1. The summed E-state index contributed by atoms with van der Waals surface area (Å²) >= 11 is 0. The maximum atomic E-state index is 12.4. The van der Waals surface area contributed by atoms with Crippen LogP contribution in [-0.2, 0) is 14.3 Å². The van der Waals surface area contributed by atoms with Crippen LogP contribution in [0.1, 0.15) is 258 Å². The number of amides is 1. The molecule has 0 fully saturated rings. The fraction of sp³-hybridized carbons (Fsp3) is 0.846. The smallest absolute Gasteiger partial charge is 0.305 e. The Morgan fingerprint density at radius 1 is 0.483 bits per heavy atom. The van der Waals surface area contributed by atoms with Crippen LogP contribution in [0, 0.1) is 0 Å². The molecule has 0 rings (SSSR count). The summed E-state index contributed by atoms with van der Waals surface area (Å²) in [6.07, 6.45) is 57.1. The van der Waals surface area contributed by atoms with Crippen LogP contribution in [0.2, 0.25) is 0 Å². The number of carbonyl (C=O) groups excluding carboxylic acids is 2. The van der Waals surface area contributed by atoms with Gasteiger partial charge in [-0.1, -0.05) is 217 Å². The number of aliphatic hydroxyl groups excluding tert-OH is 2. The predicted octanol–water partition coefficient (Wildman–Crippen LogP) is 14.9. The van der Waals surface area contributed by atoms with Crippen LogP contribution in [0.25, 0.3) is 0 Å². The van der Waals surface area contributed by atoms with Crippen molar-refractivity contribution in [2.24, 2.45) is 0 Å². The van der Waals surface area contributed by atoms with Crippen LogP contribution in [-0.4, -0.2) is 47.4 Å². The Bertz CT molecular complexity index is 946. The summed E-state index contributed by atoms with van der Waals surface area (Å²) in [5.74, 6) is -0.109. The molecule has 0 radical (unpaired) electrons. The van der Waals surface area contributed by atoms with Crippen molar-refractivity contribution in [3.8, 4) is 0 Å². The van der Waals surface area contributed by atoms with Gasteiger partial charge in [0.15, 0.2) is 0 Å². The van der Waals surface area contributed by atoms with Crippen molar-refractivity contribution in [2.45, 2.75) is 270 Å². The van der Waals surface area contributed by atoms with E-state index in [9.17, 15) is 19.8 Å². The Morgan fingerprint density at radius 3 is 1.34 bits per heavy atom. The van der Waals surface area contributed by atoms with E-state index in [1.807, 2.05) is 6.08 Å². The van der Waals surface area contributed by atoms with Gasteiger partial charge in [-0.2, -0.15) is 0 Å². The van der Waals surface area contributed by atoms with Gasteiger partial charge in [-0.15, -0.1) is 0 Å². The number of esters is 1. The first-order chi connectivity index (χ1) is 28.5. The van der Waals surface area contributed by atoms with Gasteiger partial charge in [0.1, 0.15) is 0 Å². The maximum Gasteiger partial charge on any atom is 0.305 e. The SMILES string of the molecule is CCCCC/C=C\C/C=C\CCCCCCCCCCCC(=O)OCCCCCCCCCCCCCC(=O)NC(CO)C(O)/C=C/CCCCCCCCCCC. The molecule has 1 amide bonds. The number of hydrogen-bond acceptors (Lipinski definition) is 5. The van der Waals surface area contributed by atoms with E-state index in [0.29, 0.717) is 19.4 Å². The van der Waals surface area contributed by atoms with Crippen LogP contribution >= 0.6 is 0 Å². The summed E-state index contributed by atoms with van der Waals surface area (Å²) in [6.45, 7) is 4.81. The number of allylic oxidation sites excluding steroid dienone is 5. The Morgan fingerprint density at radius 2 is 0.862 bits per heavy atom. The van der Waals surface area contributed by atoms with Crippen LogP contribution in [0.4, 0.5) is 0 Å². The van der Waals surface area contributed by atoms with E-state index in [1.54, 1.807) is 6.08 Å². The lowest BCUT2D eigenvalue weighted by Crippen LogP contribution is -2.45. The molecule has 0 bridgehead atoms. The maximum absolute atomic E-state index is 12.4. The molecule has 0 saturated heterocycles. The molecule has 0 aromatic heterocycles. The summed E-state index contributed by atoms with van der Waals surface area (Å²) in [4.78, 5) is 24.4. The minimum atomic E-state index is -0.855. The zero-order valence-electron chi connectivity index (χ0n) is 38.5. The zero-order chi connectivity index (χ0) is 42.3. The first-order valence-electron chi connectivity index (χ1n) is 25.3. The average molecular weight is 816 g/mol. The van der Waals surface area contributed by atoms with Crippen LogP contribution in [0.5, 0.6) is 0 Å². The van der Waals surface area contributed by atoms with Crippen molar-refractivity contribution < 1.29 is 24.5 Å². The molecule has 0 spiro atoms. The molecule has 340 valence electrons. The van der Waals surface area contributed by atoms with E-state index in [2.05, 4.69) is 43.5 Å². The first-order valence-corrected chi connectivity index (χ1v) is 25.3. The summed E-state index contributed by atoms with van der Waals surface area (Å²) in [5.41, 5.74) is 0. The van der Waals surface area contributed by atoms with Gasteiger partial charge >= 0.3 is 5.97 Å². The fourth-order valence-electron chi connectivity index (χ4n) is 7.49. The molecular weight excluding hydrogens is 719 g/mol. The molecule has 0 aromatic carbocycles. The standard InChI is InChI=1S/C52H97NO5/c1-3-5-7-9-11-13-15-16-17-18-19-20-21-22-26-30-34-38-42-46-52(57)58-47-43-39-35-31-27-23-25-29-33-37-41-45-51(56)53-49(48-54)50(55)44-40-36-32-28-24-14-12-10-8-6-4-2/h11,13,16-17,40,44,49-50,54-55H,3-10,12,14-15,18-39,41-43,45-48H2,1-2H3,(H,53,56)/b13-11-,17-16-,44-40+. The number of nitrogens with one attached hydrogen (secondary N) is 1. The number of hydrogen-bond donors (Lipinski definition) is 3. The van der Waals surface area contributed by atoms with Gasteiger partial charge in [-0.05, 0) is 64.2 Å². The van der Waals surface area contributed by atoms with Gasteiger partial charge < -0.3 is 20.3 Å². The Kier molecular flexibility index (Phi) is 46.2. The van der Waals surface area contributed by atoms with Gasteiger partial charge in [-0.25, -0.2) is 0 Å². The molecule has 6 nitrogen and oxygen atoms in total. The van der Waals surface area contributed by atoms with Gasteiger partial charge in [0.25, 0.3) is 0 Å². The lowest BCUT2D eigenvalue weighted by Gasteiger charge is -2.20. The van der Waals surface area contributed by atoms with E-state index < -0.39 is 12.1 Å². The largest absolute Gasteiger partial charge is 0.466 e. The monoisotopic (exact) mass is 816 g/mol. The molecule has 0 aliphatic carbocycles. The molecule has 3 N–H and O–H groups in total. The number of rotatable bonds is 46. The molecule has 0 aliphatic heterocycles. The van der Waals surface area contributed by atoms with Crippen molar-refractivity contribution in [1.29, 1.82) is 0 Å². The lowest BCUT2D eigenvalue weighted by atomic mass is 10.0. The van der Waals surface area contributed by atoms with E-state index >= 15 is 0 Å². The summed E-state index contributed by atoms with van der Waals surface area (Å²) in [6, 6.07) is -0.641. The zero-order valence-corrected chi connectivity index (χ0v) is 38.5. The van der Waals surface area contributed by atoms with Gasteiger partial charge in [0, 0.05) is 12.8 Å². The highest BCUT2D eigenvalue weighted by atomic mass is 16.5. The number of aliphatic hydroxyl groups is 2. The Labute approximate surface area is 360 Å². The summed E-state index contributed by atoms with van der Waals surface area (Å²) < 4.78 is 5.46. The summed E-state index contributed by atoms with van der Waals surface area (Å²) in [5, 5.41) is 22.9. The third kappa shape index (κ3) is 43.7. The topological polar surface area (TPSA) is 95.9 Å². The van der Waals surface area contributed by atoms with Crippen LogP contribution in [0.15, 0.2) is 36.5 Å². The Hall–Kier alpha value is -1.92. The first kappa shape index (κ1) is 56.1. The normalized spacial score (nSPS) is 13.0. The van der Waals surface area contributed by atoms with Gasteiger partial charge in [-0.3, -0.25) is 9.59 Å². The van der Waals surface area contributed by atoms with Crippen LogP contribution in [0.3, 0.4) is 0 Å². The van der Waals surface area contributed by atoms with Crippen molar-refractivity contribution in [2.75, 3.05) is 13.2 Å². The highest BCUT2D eigenvalue weighted by Gasteiger charge is 2.18. The van der Waals surface area contributed by atoms with E-state index in [-0.39, 0.29) is 18.5 Å². The predicted molar refractivity (Wildman–Crippen MR) is 250 cm³/mol. The van der Waals surface area contributed by atoms with Crippen molar-refractivity contribution in [1.82, 2.24) is 5.32 Å². The quantitative estimate of drug-likeness (QED) is 0.0323. The highest BCUT2D eigenvalue weighted by Crippen LogP contribution is 2.15. The molecular formula is C52H97NO5. The third-order valence-corrected chi connectivity index (χ3v) is 11.4. The molecule has 58 heavy (non-hydrogen) atoms. The molecule has 0 aliphatic rings. The second kappa shape index (κ2) is 47.8.